The molecule has 20 heavy (non-hydrogen) atoms. The SMILES string of the molecule is CC1C(=O)N(Cc2ccc(C(N)=S)cc2F)C(=O)C1C. The second kappa shape index (κ2) is 5.28. The van der Waals surface area contributed by atoms with Crippen LogP contribution in [-0.2, 0) is 16.1 Å². The maximum Gasteiger partial charge on any atom is 0.233 e. The molecule has 0 radical (unpaired) electrons. The van der Waals surface area contributed by atoms with Crippen LogP contribution in [0, 0.1) is 17.7 Å². The Labute approximate surface area is 121 Å². The molecule has 1 fully saturated rings. The first-order valence-electron chi connectivity index (χ1n) is 6.26. The normalized spacial score (nSPS) is 22.4. The molecule has 2 N–H and O–H groups in total. The van der Waals surface area contributed by atoms with E-state index in [9.17, 15) is 14.0 Å². The van der Waals surface area contributed by atoms with Crippen molar-refractivity contribution < 1.29 is 14.0 Å². The molecule has 2 unspecified atom stereocenters. The molecule has 1 aliphatic rings. The van der Waals surface area contributed by atoms with Crippen molar-refractivity contribution in [1.82, 2.24) is 4.90 Å². The number of halogens is 1. The fourth-order valence-electron chi connectivity index (χ4n) is 2.18. The molecular formula is C14H15FN2O2S. The lowest BCUT2D eigenvalue weighted by atomic mass is 10.00. The van der Waals surface area contributed by atoms with Gasteiger partial charge >= 0.3 is 0 Å². The number of carbonyl (C=O) groups is 2. The second-order valence-corrected chi connectivity index (χ2v) is 5.45. The second-order valence-electron chi connectivity index (χ2n) is 5.01. The minimum absolute atomic E-state index is 0.0597. The molecule has 4 nitrogen and oxygen atoms in total. The van der Waals surface area contributed by atoms with E-state index in [0.717, 1.165) is 4.90 Å². The fraction of sp³-hybridized carbons (Fsp3) is 0.357. The smallest absolute Gasteiger partial charge is 0.233 e. The van der Waals surface area contributed by atoms with Crippen LogP contribution in [0.25, 0.3) is 0 Å². The maximum absolute atomic E-state index is 13.9. The monoisotopic (exact) mass is 294 g/mol. The number of hydrogen-bond acceptors (Lipinski definition) is 3. The molecule has 2 rings (SSSR count). The van der Waals surface area contributed by atoms with Crippen LogP contribution in [0.15, 0.2) is 18.2 Å². The van der Waals surface area contributed by atoms with Crippen LogP contribution >= 0.6 is 12.2 Å². The first-order chi connectivity index (χ1) is 9.32. The number of benzene rings is 1. The van der Waals surface area contributed by atoms with Gasteiger partial charge in [-0.05, 0) is 6.07 Å². The van der Waals surface area contributed by atoms with Gasteiger partial charge in [0.2, 0.25) is 11.8 Å². The van der Waals surface area contributed by atoms with Gasteiger partial charge in [-0.1, -0.05) is 38.2 Å². The summed E-state index contributed by atoms with van der Waals surface area (Å²) in [6.45, 7) is 3.35. The number of thiocarbonyl (C=S) groups is 1. The predicted octanol–water partition coefficient (Wildman–Crippen LogP) is 1.60. The highest BCUT2D eigenvalue weighted by Crippen LogP contribution is 2.27. The molecule has 0 spiro atoms. The van der Waals surface area contributed by atoms with E-state index in [-0.39, 0.29) is 40.7 Å². The summed E-state index contributed by atoms with van der Waals surface area (Å²) in [7, 11) is 0. The number of imide groups is 1. The lowest BCUT2D eigenvalue weighted by Crippen LogP contribution is -2.30. The summed E-state index contributed by atoms with van der Waals surface area (Å²) in [6.07, 6.45) is 0. The first kappa shape index (κ1) is 14.6. The van der Waals surface area contributed by atoms with Crippen molar-refractivity contribution in [2.45, 2.75) is 20.4 Å². The molecule has 0 aliphatic carbocycles. The number of amides is 2. The molecule has 0 bridgehead atoms. The quantitative estimate of drug-likeness (QED) is 0.679. The molecule has 106 valence electrons. The van der Waals surface area contributed by atoms with Crippen molar-refractivity contribution >= 4 is 29.0 Å². The Morgan fingerprint density at radius 1 is 1.30 bits per heavy atom. The van der Waals surface area contributed by atoms with Gasteiger partial charge in [-0.2, -0.15) is 0 Å². The Bertz CT molecular complexity index is 583. The van der Waals surface area contributed by atoms with Crippen LogP contribution < -0.4 is 5.73 Å². The third-order valence-electron chi connectivity index (χ3n) is 3.73. The summed E-state index contributed by atoms with van der Waals surface area (Å²) >= 11 is 4.77. The molecule has 1 aliphatic heterocycles. The molecular weight excluding hydrogens is 279 g/mol. The standard InChI is InChI=1S/C14H15FN2O2S/c1-7-8(2)14(19)17(13(7)18)6-10-4-3-9(12(16)20)5-11(10)15/h3-5,7-8H,6H2,1-2H3,(H2,16,20). The lowest BCUT2D eigenvalue weighted by Gasteiger charge is -2.15. The minimum Gasteiger partial charge on any atom is -0.389 e. The third kappa shape index (κ3) is 2.43. The number of likely N-dealkylation sites (tertiary alicyclic amines) is 1. The van der Waals surface area contributed by atoms with Crippen LogP contribution in [0.1, 0.15) is 25.0 Å². The number of nitrogens with two attached hydrogens (primary N) is 1. The van der Waals surface area contributed by atoms with Gasteiger partial charge in [0.1, 0.15) is 10.8 Å². The van der Waals surface area contributed by atoms with E-state index in [4.69, 9.17) is 18.0 Å². The number of nitrogens with zero attached hydrogens (tertiary/aromatic N) is 1. The fourth-order valence-corrected chi connectivity index (χ4v) is 2.31. The van der Waals surface area contributed by atoms with E-state index >= 15 is 0 Å². The number of carbonyl (C=O) groups excluding carboxylic acids is 2. The Morgan fingerprint density at radius 2 is 1.85 bits per heavy atom. The van der Waals surface area contributed by atoms with Crippen molar-refractivity contribution in [3.8, 4) is 0 Å². The largest absolute Gasteiger partial charge is 0.389 e. The Hall–Kier alpha value is -1.82. The number of hydrogen-bond donors (Lipinski definition) is 1. The number of rotatable bonds is 3. The molecule has 1 saturated heterocycles. The molecule has 0 saturated carbocycles. The van der Waals surface area contributed by atoms with E-state index in [1.54, 1.807) is 19.9 Å². The molecule has 2 amide bonds. The van der Waals surface area contributed by atoms with E-state index < -0.39 is 5.82 Å². The lowest BCUT2D eigenvalue weighted by molar-refractivity contribution is -0.140. The highest BCUT2D eigenvalue weighted by atomic mass is 32.1. The summed E-state index contributed by atoms with van der Waals surface area (Å²) in [5, 5.41) is 0. The van der Waals surface area contributed by atoms with Crippen LogP contribution in [0.3, 0.4) is 0 Å². The highest BCUT2D eigenvalue weighted by molar-refractivity contribution is 7.80. The zero-order valence-electron chi connectivity index (χ0n) is 11.2. The van der Waals surface area contributed by atoms with Gasteiger partial charge in [0.15, 0.2) is 0 Å². The van der Waals surface area contributed by atoms with Gasteiger partial charge in [-0.3, -0.25) is 14.5 Å². The van der Waals surface area contributed by atoms with Crippen LogP contribution in [-0.4, -0.2) is 21.7 Å². The van der Waals surface area contributed by atoms with Crippen LogP contribution in [0.5, 0.6) is 0 Å². The predicted molar refractivity (Wildman–Crippen MR) is 76.2 cm³/mol. The summed E-state index contributed by atoms with van der Waals surface area (Å²) in [6, 6.07) is 4.30. The van der Waals surface area contributed by atoms with Crippen molar-refractivity contribution in [2.24, 2.45) is 17.6 Å². The minimum atomic E-state index is -0.525. The molecule has 0 aromatic heterocycles. The van der Waals surface area contributed by atoms with Crippen molar-refractivity contribution in [2.75, 3.05) is 0 Å². The van der Waals surface area contributed by atoms with Gasteiger partial charge in [-0.15, -0.1) is 0 Å². The Morgan fingerprint density at radius 3 is 2.30 bits per heavy atom. The van der Waals surface area contributed by atoms with E-state index in [0.29, 0.717) is 5.56 Å². The van der Waals surface area contributed by atoms with Gasteiger partial charge in [0.05, 0.1) is 6.54 Å². The Balaban J connectivity index is 2.25. The Kier molecular flexibility index (Phi) is 3.85. The summed E-state index contributed by atoms with van der Waals surface area (Å²) < 4.78 is 13.9. The average molecular weight is 294 g/mol. The zero-order chi connectivity index (χ0) is 15.0. The van der Waals surface area contributed by atoms with E-state index in [1.165, 1.54) is 12.1 Å². The van der Waals surface area contributed by atoms with Crippen molar-refractivity contribution in [1.29, 1.82) is 0 Å². The average Bonchev–Trinajstić information content (AvgIpc) is 2.58. The molecule has 2 atom stereocenters. The zero-order valence-corrected chi connectivity index (χ0v) is 12.0. The van der Waals surface area contributed by atoms with Crippen LogP contribution in [0.2, 0.25) is 0 Å². The van der Waals surface area contributed by atoms with Crippen LogP contribution in [0.4, 0.5) is 4.39 Å². The first-order valence-corrected chi connectivity index (χ1v) is 6.67. The van der Waals surface area contributed by atoms with Gasteiger partial charge in [-0.25, -0.2) is 4.39 Å². The van der Waals surface area contributed by atoms with Crippen molar-refractivity contribution in [3.63, 3.8) is 0 Å². The van der Waals surface area contributed by atoms with E-state index in [1.807, 2.05) is 0 Å². The maximum atomic E-state index is 13.9. The van der Waals surface area contributed by atoms with Crippen molar-refractivity contribution in [3.05, 3.63) is 35.1 Å². The summed E-state index contributed by atoms with van der Waals surface area (Å²) in [4.78, 5) is 25.1. The molecule has 1 aromatic carbocycles. The topological polar surface area (TPSA) is 63.4 Å². The van der Waals surface area contributed by atoms with Gasteiger partial charge in [0.25, 0.3) is 0 Å². The molecule has 1 heterocycles. The summed E-state index contributed by atoms with van der Waals surface area (Å²) in [5.41, 5.74) is 6.11. The van der Waals surface area contributed by atoms with Gasteiger partial charge < -0.3 is 5.73 Å². The molecule has 6 heteroatoms. The van der Waals surface area contributed by atoms with Gasteiger partial charge in [0, 0.05) is 23.0 Å². The van der Waals surface area contributed by atoms with E-state index in [2.05, 4.69) is 0 Å². The molecule has 1 aromatic rings. The third-order valence-corrected chi connectivity index (χ3v) is 3.96. The highest BCUT2D eigenvalue weighted by Gasteiger charge is 2.42. The summed E-state index contributed by atoms with van der Waals surface area (Å²) in [5.74, 6) is -1.77.